The molecule has 21 heavy (non-hydrogen) atoms. The van der Waals surface area contributed by atoms with Gasteiger partial charge >= 0.3 is 6.03 Å². The number of aryl methyl sites for hydroxylation is 1. The van der Waals surface area contributed by atoms with Gasteiger partial charge in [-0.3, -0.25) is 14.7 Å². The molecule has 1 N–H and O–H groups in total. The van der Waals surface area contributed by atoms with Crippen LogP contribution in [0.25, 0.3) is 0 Å². The summed E-state index contributed by atoms with van der Waals surface area (Å²) in [7, 11) is 0. The average molecular weight is 289 g/mol. The lowest BCUT2D eigenvalue weighted by atomic mass is 10.2. The van der Waals surface area contributed by atoms with Gasteiger partial charge in [-0.1, -0.05) is 5.21 Å². The Morgan fingerprint density at radius 3 is 3.10 bits per heavy atom. The van der Waals surface area contributed by atoms with Crippen molar-refractivity contribution in [2.45, 2.75) is 38.9 Å². The minimum atomic E-state index is -0.118. The summed E-state index contributed by atoms with van der Waals surface area (Å²) in [5, 5.41) is 14.9. The summed E-state index contributed by atoms with van der Waals surface area (Å²) in [6, 6.07) is 1.95. The van der Waals surface area contributed by atoms with E-state index < -0.39 is 0 Å². The molecule has 1 aliphatic heterocycles. The van der Waals surface area contributed by atoms with E-state index >= 15 is 0 Å². The fraction of sp³-hybridized carbons (Fsp3) is 0.538. The Hall–Kier alpha value is -2.38. The maximum Gasteiger partial charge on any atom is 0.323 e. The summed E-state index contributed by atoms with van der Waals surface area (Å²) in [5.41, 5.74) is 0. The van der Waals surface area contributed by atoms with Gasteiger partial charge in [-0.2, -0.15) is 5.10 Å². The van der Waals surface area contributed by atoms with Gasteiger partial charge in [-0.05, 0) is 25.8 Å². The third-order valence-corrected chi connectivity index (χ3v) is 3.69. The van der Waals surface area contributed by atoms with Crippen LogP contribution < -0.4 is 5.32 Å². The first-order valence-corrected chi connectivity index (χ1v) is 7.21. The quantitative estimate of drug-likeness (QED) is 0.916. The van der Waals surface area contributed by atoms with Crippen LogP contribution in [0.1, 0.15) is 19.8 Å². The standard InChI is InChI=1S/C13H19N7O/c1-2-18-10-12(16-17-18)15-13(21)20-8-3-5-11(20)9-19-7-4-6-14-19/h4,6-7,10-11H,2-3,5,8-9H2,1H3,(H,15,21)/t11-/m1/s1. The van der Waals surface area contributed by atoms with Crippen molar-refractivity contribution in [3.63, 3.8) is 0 Å². The van der Waals surface area contributed by atoms with E-state index in [4.69, 9.17) is 0 Å². The van der Waals surface area contributed by atoms with Crippen molar-refractivity contribution in [1.82, 2.24) is 29.7 Å². The normalized spacial score (nSPS) is 18.1. The van der Waals surface area contributed by atoms with Crippen molar-refractivity contribution < 1.29 is 4.79 Å². The highest BCUT2D eigenvalue weighted by molar-refractivity contribution is 5.88. The van der Waals surface area contributed by atoms with Gasteiger partial charge in [-0.25, -0.2) is 4.79 Å². The zero-order valence-corrected chi connectivity index (χ0v) is 12.0. The van der Waals surface area contributed by atoms with Gasteiger partial charge in [0.05, 0.1) is 18.8 Å². The molecule has 1 aliphatic rings. The van der Waals surface area contributed by atoms with E-state index in [1.807, 2.05) is 28.8 Å². The molecule has 1 atom stereocenters. The predicted octanol–water partition coefficient (Wildman–Crippen LogP) is 1.19. The molecule has 0 unspecified atom stereocenters. The fourth-order valence-corrected chi connectivity index (χ4v) is 2.61. The van der Waals surface area contributed by atoms with Crippen molar-refractivity contribution in [2.75, 3.05) is 11.9 Å². The van der Waals surface area contributed by atoms with Crippen molar-refractivity contribution in [1.29, 1.82) is 0 Å². The molecule has 2 aromatic rings. The molecule has 2 aromatic heterocycles. The Labute approximate surface area is 122 Å². The Bertz CT molecular complexity index is 591. The Morgan fingerprint density at radius 1 is 1.48 bits per heavy atom. The second kappa shape index (κ2) is 5.94. The Kier molecular flexibility index (Phi) is 3.85. The molecule has 112 valence electrons. The second-order valence-corrected chi connectivity index (χ2v) is 5.11. The molecule has 8 heteroatoms. The van der Waals surface area contributed by atoms with Crippen LogP contribution in [0, 0.1) is 0 Å². The molecule has 3 rings (SSSR count). The van der Waals surface area contributed by atoms with E-state index in [9.17, 15) is 4.79 Å². The number of carbonyl (C=O) groups excluding carboxylic acids is 1. The average Bonchev–Trinajstić information content (AvgIpc) is 3.20. The number of hydrogen-bond donors (Lipinski definition) is 1. The van der Waals surface area contributed by atoms with Gasteiger partial charge in [0.25, 0.3) is 0 Å². The highest BCUT2D eigenvalue weighted by Gasteiger charge is 2.29. The molecule has 0 spiro atoms. The fourth-order valence-electron chi connectivity index (χ4n) is 2.61. The first-order chi connectivity index (χ1) is 10.3. The number of likely N-dealkylation sites (tertiary alicyclic amines) is 1. The van der Waals surface area contributed by atoms with E-state index in [-0.39, 0.29) is 12.1 Å². The van der Waals surface area contributed by atoms with Gasteiger partial charge in [-0.15, -0.1) is 5.10 Å². The van der Waals surface area contributed by atoms with Crippen LogP contribution in [0.4, 0.5) is 10.6 Å². The lowest BCUT2D eigenvalue weighted by Gasteiger charge is -2.24. The number of aromatic nitrogens is 5. The maximum atomic E-state index is 12.4. The number of anilines is 1. The molecule has 8 nitrogen and oxygen atoms in total. The second-order valence-electron chi connectivity index (χ2n) is 5.11. The van der Waals surface area contributed by atoms with E-state index in [0.717, 1.165) is 32.5 Å². The van der Waals surface area contributed by atoms with E-state index in [1.165, 1.54) is 0 Å². The monoisotopic (exact) mass is 289 g/mol. The van der Waals surface area contributed by atoms with Gasteiger partial charge < -0.3 is 4.90 Å². The molecule has 0 bridgehead atoms. The molecular formula is C13H19N7O. The van der Waals surface area contributed by atoms with Crippen molar-refractivity contribution in [3.8, 4) is 0 Å². The van der Waals surface area contributed by atoms with Gasteiger partial charge in [0, 0.05) is 25.5 Å². The van der Waals surface area contributed by atoms with Crippen LogP contribution >= 0.6 is 0 Å². The lowest BCUT2D eigenvalue weighted by molar-refractivity contribution is 0.199. The summed E-state index contributed by atoms with van der Waals surface area (Å²) >= 11 is 0. The molecule has 1 fully saturated rings. The lowest BCUT2D eigenvalue weighted by Crippen LogP contribution is -2.40. The van der Waals surface area contributed by atoms with E-state index in [2.05, 4.69) is 20.7 Å². The van der Waals surface area contributed by atoms with Crippen LogP contribution in [0.5, 0.6) is 0 Å². The summed E-state index contributed by atoms with van der Waals surface area (Å²) in [4.78, 5) is 14.2. The molecule has 0 aliphatic carbocycles. The minimum Gasteiger partial charge on any atom is -0.320 e. The third-order valence-electron chi connectivity index (χ3n) is 3.69. The number of hydrogen-bond acceptors (Lipinski definition) is 4. The summed E-state index contributed by atoms with van der Waals surface area (Å²) in [6.45, 7) is 4.19. The molecule has 0 aromatic carbocycles. The van der Waals surface area contributed by atoms with Gasteiger partial charge in [0.1, 0.15) is 0 Å². The summed E-state index contributed by atoms with van der Waals surface area (Å²) in [6.07, 6.45) is 7.41. The van der Waals surface area contributed by atoms with Gasteiger partial charge in [0.2, 0.25) is 0 Å². The zero-order chi connectivity index (χ0) is 14.7. The van der Waals surface area contributed by atoms with Crippen molar-refractivity contribution in [2.24, 2.45) is 0 Å². The highest BCUT2D eigenvalue weighted by atomic mass is 16.2. The third kappa shape index (κ3) is 3.04. The van der Waals surface area contributed by atoms with Crippen molar-refractivity contribution in [3.05, 3.63) is 24.7 Å². The molecule has 2 amide bonds. The smallest absolute Gasteiger partial charge is 0.320 e. The number of urea groups is 1. The first kappa shape index (κ1) is 13.6. The Balaban J connectivity index is 1.62. The summed E-state index contributed by atoms with van der Waals surface area (Å²) in [5.74, 6) is 0.492. The molecular weight excluding hydrogens is 270 g/mol. The number of nitrogens with zero attached hydrogens (tertiary/aromatic N) is 6. The molecule has 0 radical (unpaired) electrons. The topological polar surface area (TPSA) is 80.9 Å². The first-order valence-electron chi connectivity index (χ1n) is 7.21. The SMILES string of the molecule is CCn1cc(NC(=O)N2CCC[C@@H]2Cn2cccn2)nn1. The minimum absolute atomic E-state index is 0.118. The largest absolute Gasteiger partial charge is 0.323 e. The predicted molar refractivity (Wildman–Crippen MR) is 76.7 cm³/mol. The van der Waals surface area contributed by atoms with Crippen LogP contribution in [0.15, 0.2) is 24.7 Å². The number of rotatable bonds is 4. The number of carbonyl (C=O) groups is 1. The van der Waals surface area contributed by atoms with Gasteiger partial charge in [0.15, 0.2) is 5.82 Å². The van der Waals surface area contributed by atoms with Crippen LogP contribution in [0.3, 0.4) is 0 Å². The van der Waals surface area contributed by atoms with Crippen LogP contribution in [-0.2, 0) is 13.1 Å². The number of amides is 2. The van der Waals surface area contributed by atoms with E-state index in [0.29, 0.717) is 5.82 Å². The van der Waals surface area contributed by atoms with Crippen LogP contribution in [-0.4, -0.2) is 48.3 Å². The Morgan fingerprint density at radius 2 is 2.38 bits per heavy atom. The molecule has 3 heterocycles. The van der Waals surface area contributed by atoms with E-state index in [1.54, 1.807) is 17.1 Å². The number of nitrogens with one attached hydrogen (secondary N) is 1. The molecule has 1 saturated heterocycles. The summed E-state index contributed by atoms with van der Waals surface area (Å²) < 4.78 is 3.55. The highest BCUT2D eigenvalue weighted by Crippen LogP contribution is 2.19. The molecule has 0 saturated carbocycles. The van der Waals surface area contributed by atoms with Crippen LogP contribution in [0.2, 0.25) is 0 Å². The van der Waals surface area contributed by atoms with Crippen molar-refractivity contribution >= 4 is 11.8 Å². The maximum absolute atomic E-state index is 12.4. The zero-order valence-electron chi connectivity index (χ0n) is 12.0.